The van der Waals surface area contributed by atoms with Gasteiger partial charge >= 0.3 is 0 Å². The molecular weight excluding hydrogens is 288 g/mol. The summed E-state index contributed by atoms with van der Waals surface area (Å²) < 4.78 is 16.5. The number of hydrogen-bond acceptors (Lipinski definition) is 3. The Bertz CT molecular complexity index is 588. The van der Waals surface area contributed by atoms with Crippen LogP contribution in [0.1, 0.15) is 11.1 Å². The van der Waals surface area contributed by atoms with Crippen molar-refractivity contribution in [2.24, 2.45) is 0 Å². The number of aryl methyl sites for hydroxylation is 2. The Morgan fingerprint density at radius 1 is 0.857 bits per heavy atom. The SMILES string of the molecule is COc1cccc(OCCOc2cc(C)c(Cl)c(C)c2)c1. The van der Waals surface area contributed by atoms with E-state index in [1.165, 1.54) is 0 Å². The maximum Gasteiger partial charge on any atom is 0.123 e. The lowest BCUT2D eigenvalue weighted by molar-refractivity contribution is 0.216. The van der Waals surface area contributed by atoms with E-state index < -0.39 is 0 Å². The van der Waals surface area contributed by atoms with Gasteiger partial charge in [0.05, 0.1) is 7.11 Å². The van der Waals surface area contributed by atoms with Gasteiger partial charge in [-0.05, 0) is 49.2 Å². The Balaban J connectivity index is 1.84. The molecule has 0 fully saturated rings. The van der Waals surface area contributed by atoms with Gasteiger partial charge in [0, 0.05) is 11.1 Å². The van der Waals surface area contributed by atoms with Crippen LogP contribution in [0.25, 0.3) is 0 Å². The van der Waals surface area contributed by atoms with Crippen molar-refractivity contribution in [3.05, 3.63) is 52.5 Å². The molecule has 0 aliphatic heterocycles. The second-order valence-corrected chi connectivity index (χ2v) is 5.12. The Hall–Kier alpha value is -1.87. The molecule has 0 N–H and O–H groups in total. The molecule has 21 heavy (non-hydrogen) atoms. The second-order valence-electron chi connectivity index (χ2n) is 4.75. The van der Waals surface area contributed by atoms with E-state index in [2.05, 4.69) is 0 Å². The zero-order valence-electron chi connectivity index (χ0n) is 12.5. The maximum absolute atomic E-state index is 6.13. The van der Waals surface area contributed by atoms with Crippen molar-refractivity contribution < 1.29 is 14.2 Å². The van der Waals surface area contributed by atoms with Crippen molar-refractivity contribution in [1.82, 2.24) is 0 Å². The molecule has 0 aliphatic rings. The van der Waals surface area contributed by atoms with Gasteiger partial charge in [0.25, 0.3) is 0 Å². The third-order valence-electron chi connectivity index (χ3n) is 3.07. The van der Waals surface area contributed by atoms with Crippen LogP contribution in [-0.4, -0.2) is 20.3 Å². The lowest BCUT2D eigenvalue weighted by atomic mass is 10.1. The molecule has 0 amide bonds. The normalized spacial score (nSPS) is 10.3. The zero-order chi connectivity index (χ0) is 15.2. The maximum atomic E-state index is 6.13. The van der Waals surface area contributed by atoms with E-state index in [0.29, 0.717) is 13.2 Å². The predicted molar refractivity (Wildman–Crippen MR) is 84.9 cm³/mol. The van der Waals surface area contributed by atoms with Gasteiger partial charge in [-0.25, -0.2) is 0 Å². The molecule has 112 valence electrons. The molecule has 2 aromatic carbocycles. The summed E-state index contributed by atoms with van der Waals surface area (Å²) in [6, 6.07) is 11.4. The Kier molecular flexibility index (Phi) is 5.34. The quantitative estimate of drug-likeness (QED) is 0.739. The molecule has 0 aromatic heterocycles. The summed E-state index contributed by atoms with van der Waals surface area (Å²) in [4.78, 5) is 0. The molecule has 0 saturated heterocycles. The van der Waals surface area contributed by atoms with Gasteiger partial charge in [-0.15, -0.1) is 0 Å². The van der Waals surface area contributed by atoms with E-state index >= 15 is 0 Å². The van der Waals surface area contributed by atoms with Crippen molar-refractivity contribution >= 4 is 11.6 Å². The van der Waals surface area contributed by atoms with E-state index in [9.17, 15) is 0 Å². The van der Waals surface area contributed by atoms with Crippen LogP contribution in [0.15, 0.2) is 36.4 Å². The third-order valence-corrected chi connectivity index (χ3v) is 3.67. The lowest BCUT2D eigenvalue weighted by Gasteiger charge is -2.11. The molecule has 0 unspecified atom stereocenters. The van der Waals surface area contributed by atoms with Gasteiger partial charge in [0.2, 0.25) is 0 Å². The number of methoxy groups -OCH3 is 1. The fourth-order valence-corrected chi connectivity index (χ4v) is 2.11. The van der Waals surface area contributed by atoms with Gasteiger partial charge < -0.3 is 14.2 Å². The third kappa shape index (κ3) is 4.30. The van der Waals surface area contributed by atoms with Crippen LogP contribution < -0.4 is 14.2 Å². The molecule has 0 spiro atoms. The topological polar surface area (TPSA) is 27.7 Å². The van der Waals surface area contributed by atoms with Crippen molar-refractivity contribution in [2.45, 2.75) is 13.8 Å². The molecule has 0 heterocycles. The summed E-state index contributed by atoms with van der Waals surface area (Å²) in [6.07, 6.45) is 0. The van der Waals surface area contributed by atoms with Crippen LogP contribution in [0.3, 0.4) is 0 Å². The number of ether oxygens (including phenoxy) is 3. The largest absolute Gasteiger partial charge is 0.497 e. The van der Waals surface area contributed by atoms with E-state index in [0.717, 1.165) is 33.4 Å². The molecule has 0 bridgehead atoms. The Morgan fingerprint density at radius 3 is 2.05 bits per heavy atom. The fraction of sp³-hybridized carbons (Fsp3) is 0.294. The highest BCUT2D eigenvalue weighted by Gasteiger charge is 2.03. The highest BCUT2D eigenvalue weighted by Crippen LogP contribution is 2.25. The van der Waals surface area contributed by atoms with Crippen molar-refractivity contribution in [1.29, 1.82) is 0 Å². The van der Waals surface area contributed by atoms with Crippen LogP contribution in [0, 0.1) is 13.8 Å². The summed E-state index contributed by atoms with van der Waals surface area (Å²) in [5.74, 6) is 2.35. The number of benzene rings is 2. The number of rotatable bonds is 6. The van der Waals surface area contributed by atoms with Crippen LogP contribution in [0.5, 0.6) is 17.2 Å². The van der Waals surface area contributed by atoms with Crippen LogP contribution in [-0.2, 0) is 0 Å². The highest BCUT2D eigenvalue weighted by atomic mass is 35.5. The predicted octanol–water partition coefficient (Wildman–Crippen LogP) is 4.42. The van der Waals surface area contributed by atoms with E-state index in [1.54, 1.807) is 7.11 Å². The zero-order valence-corrected chi connectivity index (χ0v) is 13.2. The minimum absolute atomic E-state index is 0.466. The van der Waals surface area contributed by atoms with Crippen LogP contribution in [0.2, 0.25) is 5.02 Å². The van der Waals surface area contributed by atoms with Crippen molar-refractivity contribution in [2.75, 3.05) is 20.3 Å². The summed E-state index contributed by atoms with van der Waals surface area (Å²) in [7, 11) is 1.63. The summed E-state index contributed by atoms with van der Waals surface area (Å²) in [5.41, 5.74) is 2.03. The molecule has 4 heteroatoms. The second kappa shape index (κ2) is 7.23. The lowest BCUT2D eigenvalue weighted by Crippen LogP contribution is -2.09. The van der Waals surface area contributed by atoms with Crippen LogP contribution >= 0.6 is 11.6 Å². The summed E-state index contributed by atoms with van der Waals surface area (Å²) in [6.45, 7) is 4.87. The molecule has 0 atom stereocenters. The first-order chi connectivity index (χ1) is 10.1. The smallest absolute Gasteiger partial charge is 0.123 e. The Morgan fingerprint density at radius 2 is 1.43 bits per heavy atom. The molecule has 2 rings (SSSR count). The summed E-state index contributed by atoms with van der Waals surface area (Å²) in [5, 5.41) is 0.787. The van der Waals surface area contributed by atoms with Crippen molar-refractivity contribution in [3.63, 3.8) is 0 Å². The molecular formula is C17H19ClO3. The molecule has 0 aliphatic carbocycles. The van der Waals surface area contributed by atoms with Gasteiger partial charge in [0.15, 0.2) is 0 Å². The monoisotopic (exact) mass is 306 g/mol. The molecule has 2 aromatic rings. The fourth-order valence-electron chi connectivity index (χ4n) is 2.00. The van der Waals surface area contributed by atoms with E-state index in [4.69, 9.17) is 25.8 Å². The average Bonchev–Trinajstić information content (AvgIpc) is 2.49. The van der Waals surface area contributed by atoms with Gasteiger partial charge in [-0.2, -0.15) is 0 Å². The van der Waals surface area contributed by atoms with Crippen LogP contribution in [0.4, 0.5) is 0 Å². The first-order valence-corrected chi connectivity index (χ1v) is 7.14. The molecule has 0 radical (unpaired) electrons. The minimum atomic E-state index is 0.466. The highest BCUT2D eigenvalue weighted by molar-refractivity contribution is 6.32. The number of halogens is 1. The number of hydrogen-bond donors (Lipinski definition) is 0. The van der Waals surface area contributed by atoms with Gasteiger partial charge in [-0.1, -0.05) is 17.7 Å². The van der Waals surface area contributed by atoms with E-state index in [-0.39, 0.29) is 0 Å². The van der Waals surface area contributed by atoms with E-state index in [1.807, 2.05) is 50.2 Å². The Labute approximate surface area is 130 Å². The average molecular weight is 307 g/mol. The first kappa shape index (κ1) is 15.5. The molecule has 3 nitrogen and oxygen atoms in total. The summed E-state index contributed by atoms with van der Waals surface area (Å²) >= 11 is 6.13. The minimum Gasteiger partial charge on any atom is -0.497 e. The van der Waals surface area contributed by atoms with Gasteiger partial charge in [-0.3, -0.25) is 0 Å². The van der Waals surface area contributed by atoms with Gasteiger partial charge in [0.1, 0.15) is 30.5 Å². The first-order valence-electron chi connectivity index (χ1n) is 6.76. The van der Waals surface area contributed by atoms with Crippen molar-refractivity contribution in [3.8, 4) is 17.2 Å². The molecule has 0 saturated carbocycles. The standard InChI is InChI=1S/C17H19ClO3/c1-12-9-16(10-13(2)17(12)18)21-8-7-20-15-6-4-5-14(11-15)19-3/h4-6,9-11H,7-8H2,1-3H3.